The van der Waals surface area contributed by atoms with Crippen LogP contribution in [0.3, 0.4) is 0 Å². The van der Waals surface area contributed by atoms with E-state index in [0.717, 1.165) is 0 Å². The molecule has 1 aliphatic heterocycles. The van der Waals surface area contributed by atoms with E-state index in [-0.39, 0.29) is 17.4 Å². The number of nitrogens with one attached hydrogen (secondary N) is 1. The molecule has 0 aromatic heterocycles. The second kappa shape index (κ2) is 2.13. The van der Waals surface area contributed by atoms with E-state index >= 15 is 0 Å². The lowest BCUT2D eigenvalue weighted by atomic mass is 9.78. The highest BCUT2D eigenvalue weighted by Crippen LogP contribution is 2.41. The highest BCUT2D eigenvalue weighted by atomic mass is 16.2. The van der Waals surface area contributed by atoms with E-state index in [4.69, 9.17) is 0 Å². The number of amides is 1. The van der Waals surface area contributed by atoms with Gasteiger partial charge in [-0.15, -0.1) is 0 Å². The van der Waals surface area contributed by atoms with Crippen molar-refractivity contribution in [3.05, 3.63) is 36.5 Å². The van der Waals surface area contributed by atoms with Crippen molar-refractivity contribution in [1.82, 2.24) is 5.32 Å². The van der Waals surface area contributed by atoms with E-state index < -0.39 is 0 Å². The highest BCUT2D eigenvalue weighted by molar-refractivity contribution is 5.82. The molecule has 0 radical (unpaired) electrons. The van der Waals surface area contributed by atoms with E-state index in [0.29, 0.717) is 12.3 Å². The molecule has 0 aromatic carbocycles. The highest BCUT2D eigenvalue weighted by Gasteiger charge is 2.44. The first-order chi connectivity index (χ1) is 6.28. The SMILES string of the molecule is O=C1CC23C=CC(C=CC2N1)C=C3. The van der Waals surface area contributed by atoms with Crippen LogP contribution in [0, 0.1) is 11.3 Å². The van der Waals surface area contributed by atoms with E-state index in [1.807, 2.05) is 0 Å². The predicted molar refractivity (Wildman–Crippen MR) is 49.9 cm³/mol. The average Bonchev–Trinajstić information content (AvgIpc) is 2.29. The van der Waals surface area contributed by atoms with Gasteiger partial charge >= 0.3 is 0 Å². The number of hydrogen-bond donors (Lipinski definition) is 1. The second-order valence-electron chi connectivity index (χ2n) is 4.01. The van der Waals surface area contributed by atoms with Gasteiger partial charge in [0.15, 0.2) is 0 Å². The number of hydrogen-bond acceptors (Lipinski definition) is 1. The molecular formula is C11H11NO. The Bertz CT molecular complexity index is 334. The standard InChI is InChI=1S/C11H11NO/c13-10-7-11-5-3-8(4-6-11)1-2-9(11)12-10/h1-6,8-9H,7H2,(H,12,13). The molecule has 1 fully saturated rings. The normalized spacial score (nSPS) is 44.8. The van der Waals surface area contributed by atoms with Crippen molar-refractivity contribution in [1.29, 1.82) is 0 Å². The molecule has 1 saturated heterocycles. The zero-order chi connectivity index (χ0) is 8.89. The fraction of sp³-hybridized carbons (Fsp3) is 0.364. The van der Waals surface area contributed by atoms with Crippen molar-refractivity contribution < 1.29 is 4.79 Å². The van der Waals surface area contributed by atoms with Crippen molar-refractivity contribution in [3.63, 3.8) is 0 Å². The van der Waals surface area contributed by atoms with Gasteiger partial charge in [0, 0.05) is 17.8 Å². The van der Waals surface area contributed by atoms with Gasteiger partial charge < -0.3 is 5.32 Å². The van der Waals surface area contributed by atoms with Gasteiger partial charge in [-0.2, -0.15) is 0 Å². The summed E-state index contributed by atoms with van der Waals surface area (Å²) in [6, 6.07) is 0.181. The number of rotatable bonds is 0. The third kappa shape index (κ3) is 0.857. The van der Waals surface area contributed by atoms with E-state index in [1.165, 1.54) is 0 Å². The molecular weight excluding hydrogens is 162 g/mol. The van der Waals surface area contributed by atoms with Crippen LogP contribution in [0.4, 0.5) is 0 Å². The van der Waals surface area contributed by atoms with Crippen molar-refractivity contribution in [2.45, 2.75) is 12.5 Å². The summed E-state index contributed by atoms with van der Waals surface area (Å²) in [5, 5.41) is 2.99. The molecule has 1 unspecified atom stereocenters. The van der Waals surface area contributed by atoms with Crippen LogP contribution >= 0.6 is 0 Å². The molecule has 1 amide bonds. The molecule has 0 saturated carbocycles. The van der Waals surface area contributed by atoms with Gasteiger partial charge in [-0.25, -0.2) is 0 Å². The van der Waals surface area contributed by atoms with Crippen LogP contribution in [0.2, 0.25) is 0 Å². The Kier molecular flexibility index (Phi) is 1.17. The summed E-state index contributed by atoms with van der Waals surface area (Å²) in [7, 11) is 0. The summed E-state index contributed by atoms with van der Waals surface area (Å²) in [5.41, 5.74) is -0.0550. The first-order valence-electron chi connectivity index (χ1n) is 4.65. The molecule has 1 atom stereocenters. The monoisotopic (exact) mass is 173 g/mol. The average molecular weight is 173 g/mol. The molecule has 1 heterocycles. The molecule has 4 aliphatic rings. The van der Waals surface area contributed by atoms with Crippen LogP contribution in [0.1, 0.15) is 6.42 Å². The molecule has 13 heavy (non-hydrogen) atoms. The zero-order valence-corrected chi connectivity index (χ0v) is 7.23. The maximum absolute atomic E-state index is 11.3. The van der Waals surface area contributed by atoms with Gasteiger partial charge in [-0.1, -0.05) is 36.5 Å². The maximum Gasteiger partial charge on any atom is 0.221 e. The Morgan fingerprint density at radius 2 is 2.00 bits per heavy atom. The van der Waals surface area contributed by atoms with E-state index in [2.05, 4.69) is 41.8 Å². The molecule has 2 bridgehead atoms. The molecule has 0 aromatic rings. The fourth-order valence-corrected chi connectivity index (χ4v) is 2.37. The van der Waals surface area contributed by atoms with Crippen molar-refractivity contribution >= 4 is 5.91 Å². The van der Waals surface area contributed by atoms with Gasteiger partial charge in [-0.05, 0) is 0 Å². The zero-order valence-electron chi connectivity index (χ0n) is 7.23. The third-order valence-corrected chi connectivity index (χ3v) is 3.15. The lowest BCUT2D eigenvalue weighted by Gasteiger charge is -2.26. The van der Waals surface area contributed by atoms with Crippen molar-refractivity contribution in [2.75, 3.05) is 0 Å². The van der Waals surface area contributed by atoms with Gasteiger partial charge in [0.05, 0.1) is 6.04 Å². The largest absolute Gasteiger partial charge is 0.349 e. The first-order valence-corrected chi connectivity index (χ1v) is 4.65. The molecule has 1 N–H and O–H groups in total. The van der Waals surface area contributed by atoms with Gasteiger partial charge in [0.2, 0.25) is 5.91 Å². The first kappa shape index (κ1) is 7.13. The van der Waals surface area contributed by atoms with Crippen LogP contribution in [0.15, 0.2) is 36.5 Å². The molecule has 3 aliphatic carbocycles. The van der Waals surface area contributed by atoms with Crippen molar-refractivity contribution in [3.8, 4) is 0 Å². The van der Waals surface area contributed by atoms with E-state index in [1.54, 1.807) is 0 Å². The summed E-state index contributed by atoms with van der Waals surface area (Å²) in [4.78, 5) is 11.3. The number of carbonyl (C=O) groups is 1. The van der Waals surface area contributed by atoms with Crippen LogP contribution in [-0.2, 0) is 4.79 Å². The van der Waals surface area contributed by atoms with Crippen LogP contribution in [0.5, 0.6) is 0 Å². The number of carbonyl (C=O) groups excluding carboxylic acids is 1. The summed E-state index contributed by atoms with van der Waals surface area (Å²) >= 11 is 0. The summed E-state index contributed by atoms with van der Waals surface area (Å²) in [5.74, 6) is 0.595. The Morgan fingerprint density at radius 1 is 1.23 bits per heavy atom. The Hall–Kier alpha value is -1.31. The fourth-order valence-electron chi connectivity index (χ4n) is 2.37. The Morgan fingerprint density at radius 3 is 2.77 bits per heavy atom. The predicted octanol–water partition coefficient (Wildman–Crippen LogP) is 1.17. The van der Waals surface area contributed by atoms with Gasteiger partial charge in [0.25, 0.3) is 0 Å². The minimum absolute atomic E-state index is 0.0550. The molecule has 2 heteroatoms. The molecule has 66 valence electrons. The van der Waals surface area contributed by atoms with E-state index in [9.17, 15) is 4.79 Å². The van der Waals surface area contributed by atoms with Gasteiger partial charge in [-0.3, -0.25) is 4.79 Å². The smallest absolute Gasteiger partial charge is 0.221 e. The van der Waals surface area contributed by atoms with Crippen LogP contribution in [-0.4, -0.2) is 11.9 Å². The summed E-state index contributed by atoms with van der Waals surface area (Å²) in [6.45, 7) is 0. The van der Waals surface area contributed by atoms with Gasteiger partial charge in [0.1, 0.15) is 0 Å². The topological polar surface area (TPSA) is 29.1 Å². The lowest BCUT2D eigenvalue weighted by molar-refractivity contribution is -0.119. The van der Waals surface area contributed by atoms with Crippen LogP contribution in [0.25, 0.3) is 0 Å². The maximum atomic E-state index is 11.3. The van der Waals surface area contributed by atoms with Crippen molar-refractivity contribution in [2.24, 2.45) is 11.3 Å². The molecule has 1 spiro atoms. The Labute approximate surface area is 77.0 Å². The second-order valence-corrected chi connectivity index (χ2v) is 4.01. The quantitative estimate of drug-likeness (QED) is 0.547. The molecule has 2 nitrogen and oxygen atoms in total. The van der Waals surface area contributed by atoms with Crippen LogP contribution < -0.4 is 5.32 Å². The Balaban J connectivity index is 2.13. The number of allylic oxidation sites excluding steroid dienone is 3. The molecule has 4 rings (SSSR count). The third-order valence-electron chi connectivity index (χ3n) is 3.15. The minimum Gasteiger partial charge on any atom is -0.349 e. The minimum atomic E-state index is -0.0550. The lowest BCUT2D eigenvalue weighted by Crippen LogP contribution is -2.32. The summed E-state index contributed by atoms with van der Waals surface area (Å²) < 4.78 is 0. The summed E-state index contributed by atoms with van der Waals surface area (Å²) in [6.07, 6.45) is 13.6.